The first kappa shape index (κ1) is 20.3. The average molecular weight is 369 g/mol. The molecule has 0 N–H and O–H groups in total. The number of nitrogens with zero attached hydrogens (tertiary/aromatic N) is 2. The van der Waals surface area contributed by atoms with Gasteiger partial charge in [-0.05, 0) is 40.2 Å². The summed E-state index contributed by atoms with van der Waals surface area (Å²) >= 11 is 12.5. The Bertz CT molecular complexity index is 660. The van der Waals surface area contributed by atoms with Crippen molar-refractivity contribution in [3.8, 4) is 18.1 Å². The van der Waals surface area contributed by atoms with Gasteiger partial charge in [0.25, 0.3) is 0 Å². The van der Waals surface area contributed by atoms with Crippen molar-refractivity contribution in [1.82, 2.24) is 0 Å². The minimum Gasteiger partial charge on any atom is -0.489 e. The standard InChI is InChI=1S/C18H22Cl2N2O2/c1-6-7-8-9-22(18(23)21-12(2)3)16-11-17(24-13(4)5)15(20)10-14(16)19/h1,10-11,13H,7-9H2,2-5H3. The van der Waals surface area contributed by atoms with E-state index < -0.39 is 6.03 Å². The van der Waals surface area contributed by atoms with Crippen LogP contribution >= 0.6 is 23.2 Å². The SMILES string of the molecule is C#CCCCN(C(=O)N=C(C)C)c1cc(OC(C)C)c(Cl)cc1Cl. The molecule has 1 aromatic rings. The number of amides is 2. The predicted molar refractivity (Wildman–Crippen MR) is 102 cm³/mol. The second kappa shape index (κ2) is 9.56. The van der Waals surface area contributed by atoms with Gasteiger partial charge in [0.2, 0.25) is 0 Å². The smallest absolute Gasteiger partial charge is 0.347 e. The van der Waals surface area contributed by atoms with Gasteiger partial charge in [-0.2, -0.15) is 0 Å². The van der Waals surface area contributed by atoms with Gasteiger partial charge in [-0.3, -0.25) is 4.90 Å². The second-order valence-corrected chi connectivity index (χ2v) is 6.52. The van der Waals surface area contributed by atoms with Crippen LogP contribution in [0.2, 0.25) is 10.0 Å². The Hall–Kier alpha value is -1.70. The number of carbonyl (C=O) groups is 1. The highest BCUT2D eigenvalue weighted by molar-refractivity contribution is 6.37. The van der Waals surface area contributed by atoms with Crippen LogP contribution in [0.4, 0.5) is 10.5 Å². The van der Waals surface area contributed by atoms with E-state index in [2.05, 4.69) is 10.9 Å². The highest BCUT2D eigenvalue weighted by Gasteiger charge is 2.20. The molecule has 0 heterocycles. The lowest BCUT2D eigenvalue weighted by molar-refractivity contribution is 0.242. The van der Waals surface area contributed by atoms with Crippen LogP contribution in [-0.4, -0.2) is 24.4 Å². The third kappa shape index (κ3) is 6.07. The maximum atomic E-state index is 12.5. The predicted octanol–water partition coefficient (Wildman–Crippen LogP) is 5.60. The van der Waals surface area contributed by atoms with E-state index in [1.165, 1.54) is 4.90 Å². The number of rotatable bonds is 6. The molecule has 0 saturated carbocycles. The lowest BCUT2D eigenvalue weighted by atomic mass is 10.2. The molecule has 6 heteroatoms. The third-order valence-corrected chi connectivity index (χ3v) is 3.51. The summed E-state index contributed by atoms with van der Waals surface area (Å²) < 4.78 is 5.68. The molecule has 0 aromatic heterocycles. The quantitative estimate of drug-likeness (QED) is 0.372. The molecular formula is C18H22Cl2N2O2. The molecule has 0 unspecified atom stereocenters. The first-order valence-electron chi connectivity index (χ1n) is 7.68. The van der Waals surface area contributed by atoms with Gasteiger partial charge in [-0.25, -0.2) is 9.79 Å². The number of ether oxygens (including phenoxy) is 1. The van der Waals surface area contributed by atoms with Crippen molar-refractivity contribution in [2.24, 2.45) is 4.99 Å². The van der Waals surface area contributed by atoms with Crippen molar-refractivity contribution in [3.05, 3.63) is 22.2 Å². The number of halogens is 2. The number of carbonyl (C=O) groups excluding carboxylic acids is 1. The summed E-state index contributed by atoms with van der Waals surface area (Å²) in [4.78, 5) is 18.0. The third-order valence-electron chi connectivity index (χ3n) is 2.91. The van der Waals surface area contributed by atoms with E-state index in [0.717, 1.165) is 0 Å². The number of terminal acetylenes is 1. The van der Waals surface area contributed by atoms with Crippen molar-refractivity contribution < 1.29 is 9.53 Å². The zero-order chi connectivity index (χ0) is 18.3. The van der Waals surface area contributed by atoms with E-state index in [1.54, 1.807) is 26.0 Å². The number of aliphatic imine (C=N–C) groups is 1. The Balaban J connectivity index is 3.27. The van der Waals surface area contributed by atoms with Crippen LogP contribution in [0, 0.1) is 12.3 Å². The maximum absolute atomic E-state index is 12.5. The molecule has 0 fully saturated rings. The van der Waals surface area contributed by atoms with Crippen LogP contribution in [0.15, 0.2) is 17.1 Å². The minimum absolute atomic E-state index is 0.0574. The molecule has 0 saturated heterocycles. The van der Waals surface area contributed by atoms with Gasteiger partial charge >= 0.3 is 6.03 Å². The number of anilines is 1. The number of hydrogen-bond acceptors (Lipinski definition) is 2. The minimum atomic E-state index is -0.397. The van der Waals surface area contributed by atoms with Crippen LogP contribution in [-0.2, 0) is 0 Å². The van der Waals surface area contributed by atoms with Gasteiger partial charge in [0, 0.05) is 24.7 Å². The monoisotopic (exact) mass is 368 g/mol. The van der Waals surface area contributed by atoms with Crippen LogP contribution in [0.5, 0.6) is 5.75 Å². The van der Waals surface area contributed by atoms with Crippen LogP contribution in [0.25, 0.3) is 0 Å². The second-order valence-electron chi connectivity index (χ2n) is 5.70. The maximum Gasteiger partial charge on any atom is 0.347 e. The summed E-state index contributed by atoms with van der Waals surface area (Å²) in [7, 11) is 0. The molecule has 24 heavy (non-hydrogen) atoms. The first-order valence-corrected chi connectivity index (χ1v) is 8.44. The van der Waals surface area contributed by atoms with E-state index in [1.807, 2.05) is 13.8 Å². The number of benzene rings is 1. The first-order chi connectivity index (χ1) is 11.3. The fourth-order valence-corrected chi connectivity index (χ4v) is 2.51. The summed E-state index contributed by atoms with van der Waals surface area (Å²) in [5, 5.41) is 0.748. The fraction of sp³-hybridized carbons (Fsp3) is 0.444. The van der Waals surface area contributed by atoms with E-state index >= 15 is 0 Å². The molecule has 0 radical (unpaired) electrons. The normalized spacial score (nSPS) is 10.2. The molecule has 1 rings (SSSR count). The van der Waals surface area contributed by atoms with Crippen LogP contribution < -0.4 is 9.64 Å². The summed E-state index contributed by atoms with van der Waals surface area (Å²) in [6.07, 6.45) is 6.43. The summed E-state index contributed by atoms with van der Waals surface area (Å²) in [5.41, 5.74) is 1.16. The fourth-order valence-electron chi connectivity index (χ4n) is 1.98. The number of urea groups is 1. The zero-order valence-electron chi connectivity index (χ0n) is 14.4. The highest BCUT2D eigenvalue weighted by Crippen LogP contribution is 2.37. The molecule has 0 atom stereocenters. The highest BCUT2D eigenvalue weighted by atomic mass is 35.5. The topological polar surface area (TPSA) is 41.9 Å². The van der Waals surface area contributed by atoms with Gasteiger partial charge in [-0.15, -0.1) is 12.3 Å². The molecular weight excluding hydrogens is 347 g/mol. The van der Waals surface area contributed by atoms with Crippen LogP contribution in [0.1, 0.15) is 40.5 Å². The zero-order valence-corrected chi connectivity index (χ0v) is 15.9. The van der Waals surface area contributed by atoms with Crippen molar-refractivity contribution in [3.63, 3.8) is 0 Å². The Morgan fingerprint density at radius 1 is 1.33 bits per heavy atom. The number of unbranched alkanes of at least 4 members (excludes halogenated alkanes) is 1. The molecule has 0 bridgehead atoms. The summed E-state index contributed by atoms with van der Waals surface area (Å²) in [6, 6.07) is 2.84. The van der Waals surface area contributed by atoms with Gasteiger partial charge in [0.05, 0.1) is 21.8 Å². The number of hydrogen-bond donors (Lipinski definition) is 0. The molecule has 0 spiro atoms. The lowest BCUT2D eigenvalue weighted by Gasteiger charge is -2.23. The summed E-state index contributed by atoms with van der Waals surface area (Å²) in [5.74, 6) is 3.03. The van der Waals surface area contributed by atoms with Gasteiger partial charge in [0.15, 0.2) is 0 Å². The van der Waals surface area contributed by atoms with Crippen molar-refractivity contribution >= 4 is 40.6 Å². The molecule has 130 valence electrons. The lowest BCUT2D eigenvalue weighted by Crippen LogP contribution is -2.30. The van der Waals surface area contributed by atoms with Crippen molar-refractivity contribution in [2.45, 2.75) is 46.6 Å². The van der Waals surface area contributed by atoms with Gasteiger partial charge < -0.3 is 4.74 Å². The van der Waals surface area contributed by atoms with E-state index in [-0.39, 0.29) is 6.10 Å². The molecule has 0 aliphatic heterocycles. The Kier molecular flexibility index (Phi) is 8.10. The van der Waals surface area contributed by atoms with Gasteiger partial charge in [-0.1, -0.05) is 23.2 Å². The Morgan fingerprint density at radius 3 is 2.54 bits per heavy atom. The van der Waals surface area contributed by atoms with Crippen molar-refractivity contribution in [2.75, 3.05) is 11.4 Å². The summed E-state index contributed by atoms with van der Waals surface area (Å²) in [6.45, 7) is 7.71. The molecule has 1 aromatic carbocycles. The Labute approximate surface area is 153 Å². The van der Waals surface area contributed by atoms with Crippen LogP contribution in [0.3, 0.4) is 0 Å². The van der Waals surface area contributed by atoms with E-state index in [4.69, 9.17) is 34.4 Å². The van der Waals surface area contributed by atoms with E-state index in [9.17, 15) is 4.79 Å². The largest absolute Gasteiger partial charge is 0.489 e. The van der Waals surface area contributed by atoms with E-state index in [0.29, 0.717) is 46.6 Å². The average Bonchev–Trinajstić information content (AvgIpc) is 2.46. The Morgan fingerprint density at radius 2 is 2.00 bits per heavy atom. The molecule has 2 amide bonds. The molecule has 4 nitrogen and oxygen atoms in total. The molecule has 0 aliphatic rings. The molecule has 0 aliphatic carbocycles. The van der Waals surface area contributed by atoms with Gasteiger partial charge in [0.1, 0.15) is 5.75 Å². The van der Waals surface area contributed by atoms with Crippen molar-refractivity contribution in [1.29, 1.82) is 0 Å².